The molecule has 0 aliphatic carbocycles. The number of hydrogen-bond acceptors (Lipinski definition) is 4. The van der Waals surface area contributed by atoms with Gasteiger partial charge in [0.25, 0.3) is 0 Å². The summed E-state index contributed by atoms with van der Waals surface area (Å²) in [6, 6.07) is 0.886. The van der Waals surface area contributed by atoms with Crippen LogP contribution in [0.1, 0.15) is 39.0 Å². The van der Waals surface area contributed by atoms with Crippen molar-refractivity contribution >= 4 is 9.53 Å². The Labute approximate surface area is 102 Å². The van der Waals surface area contributed by atoms with Gasteiger partial charge in [0.2, 0.25) is 0 Å². The Morgan fingerprint density at radius 2 is 1.69 bits per heavy atom. The van der Waals surface area contributed by atoms with E-state index >= 15 is 0 Å². The summed E-state index contributed by atoms with van der Waals surface area (Å²) in [5.41, 5.74) is 0. The first-order valence-electron chi connectivity index (χ1n) is 6.10. The molecule has 1 atom stereocenters. The van der Waals surface area contributed by atoms with Crippen LogP contribution in [-0.4, -0.2) is 43.4 Å². The Morgan fingerprint density at radius 1 is 1.12 bits per heavy atom. The van der Waals surface area contributed by atoms with Gasteiger partial charge >= 0.3 is 9.53 Å². The van der Waals surface area contributed by atoms with Gasteiger partial charge in [-0.25, -0.2) is 0 Å². The first-order valence-corrected chi connectivity index (χ1v) is 7.51. The van der Waals surface area contributed by atoms with E-state index < -0.39 is 9.53 Å². The summed E-state index contributed by atoms with van der Waals surface area (Å²) >= 11 is 0. The fraction of sp³-hybridized carbons (Fsp3) is 1.00. The molecule has 1 saturated heterocycles. The summed E-state index contributed by atoms with van der Waals surface area (Å²) < 4.78 is 14.2. The number of rotatable bonds is 7. The van der Waals surface area contributed by atoms with Gasteiger partial charge in [-0.3, -0.25) is 0 Å². The maximum atomic E-state index is 4.74. The minimum absolute atomic E-state index is 0.886. The highest BCUT2D eigenvalue weighted by molar-refractivity contribution is 6.36. The fourth-order valence-electron chi connectivity index (χ4n) is 1.52. The van der Waals surface area contributed by atoms with Crippen molar-refractivity contribution in [3.63, 3.8) is 0 Å². The van der Waals surface area contributed by atoms with Crippen LogP contribution in [0.5, 0.6) is 0 Å². The molecule has 1 N–H and O–H groups in total. The summed E-state index contributed by atoms with van der Waals surface area (Å²) in [5, 5.41) is 3.40. The monoisotopic (exact) mass is 249 g/mol. The van der Waals surface area contributed by atoms with Crippen LogP contribution in [0.3, 0.4) is 0 Å². The zero-order chi connectivity index (χ0) is 12.2. The van der Waals surface area contributed by atoms with Crippen LogP contribution in [0.4, 0.5) is 0 Å². The number of nitrogens with one attached hydrogen (secondary N) is 1. The normalized spacial score (nSPS) is 18.9. The molecule has 0 aromatic rings. The molecule has 1 aliphatic rings. The molecule has 0 saturated carbocycles. The maximum absolute atomic E-state index is 4.74. The SMILES string of the molecule is CCCCCC1CCN1.CO[SiH](OC)OC. The van der Waals surface area contributed by atoms with E-state index in [9.17, 15) is 0 Å². The fourth-order valence-corrected chi connectivity index (χ4v) is 2.10. The van der Waals surface area contributed by atoms with Crippen molar-refractivity contribution in [1.82, 2.24) is 5.32 Å². The van der Waals surface area contributed by atoms with Gasteiger partial charge in [-0.05, 0) is 19.4 Å². The van der Waals surface area contributed by atoms with Crippen molar-refractivity contribution in [1.29, 1.82) is 0 Å². The molecule has 4 nitrogen and oxygen atoms in total. The minimum Gasteiger partial charge on any atom is -0.379 e. The molecule has 1 aliphatic heterocycles. The quantitative estimate of drug-likeness (QED) is 0.549. The molecule has 1 rings (SSSR count). The molecular weight excluding hydrogens is 222 g/mol. The summed E-state index contributed by atoms with van der Waals surface area (Å²) in [4.78, 5) is 0. The van der Waals surface area contributed by atoms with Crippen LogP contribution in [0, 0.1) is 0 Å². The first-order chi connectivity index (χ1) is 7.78. The second kappa shape index (κ2) is 11.5. The highest BCUT2D eigenvalue weighted by Gasteiger charge is 2.14. The molecule has 1 fully saturated rings. The lowest BCUT2D eigenvalue weighted by molar-refractivity contribution is 0.163. The molecule has 0 radical (unpaired) electrons. The van der Waals surface area contributed by atoms with Gasteiger partial charge in [0, 0.05) is 27.4 Å². The molecule has 16 heavy (non-hydrogen) atoms. The van der Waals surface area contributed by atoms with E-state index in [1.54, 1.807) is 21.3 Å². The largest absolute Gasteiger partial charge is 0.483 e. The van der Waals surface area contributed by atoms with Gasteiger partial charge in [0.15, 0.2) is 0 Å². The second-order valence-electron chi connectivity index (χ2n) is 3.93. The van der Waals surface area contributed by atoms with Gasteiger partial charge in [-0.1, -0.05) is 26.2 Å². The topological polar surface area (TPSA) is 39.7 Å². The molecule has 1 heterocycles. The molecule has 0 spiro atoms. The third-order valence-electron chi connectivity index (χ3n) is 2.66. The van der Waals surface area contributed by atoms with Crippen molar-refractivity contribution in [3.05, 3.63) is 0 Å². The average Bonchev–Trinajstić information content (AvgIpc) is 2.25. The van der Waals surface area contributed by atoms with Gasteiger partial charge in [-0.2, -0.15) is 0 Å². The summed E-state index contributed by atoms with van der Waals surface area (Å²) in [5.74, 6) is 0. The Balaban J connectivity index is 0.000000293. The predicted molar refractivity (Wildman–Crippen MR) is 68.7 cm³/mol. The molecular formula is C11H27NO3Si. The summed E-state index contributed by atoms with van der Waals surface area (Å²) in [7, 11) is 3.05. The van der Waals surface area contributed by atoms with E-state index in [2.05, 4.69) is 12.2 Å². The van der Waals surface area contributed by atoms with Crippen LogP contribution in [-0.2, 0) is 13.3 Å². The van der Waals surface area contributed by atoms with E-state index in [1.165, 1.54) is 38.6 Å². The molecule has 1 unspecified atom stereocenters. The van der Waals surface area contributed by atoms with E-state index in [1.807, 2.05) is 0 Å². The Kier molecular flexibility index (Phi) is 11.6. The van der Waals surface area contributed by atoms with Gasteiger partial charge < -0.3 is 18.6 Å². The van der Waals surface area contributed by atoms with E-state index in [-0.39, 0.29) is 0 Å². The predicted octanol–water partition coefficient (Wildman–Crippen LogP) is 1.57. The maximum Gasteiger partial charge on any atom is 0.483 e. The summed E-state index contributed by atoms with van der Waals surface area (Å²) in [6.45, 7) is 3.52. The standard InChI is InChI=1S/C8H17N.C3H10O3Si/c1-2-3-4-5-8-6-7-9-8;1-4-7(5-2)6-3/h8-9H,2-7H2,1H3;7H,1-3H3. The average molecular weight is 249 g/mol. The molecule has 98 valence electrons. The molecule has 0 aromatic heterocycles. The van der Waals surface area contributed by atoms with Crippen molar-refractivity contribution < 1.29 is 13.3 Å². The Morgan fingerprint density at radius 3 is 1.94 bits per heavy atom. The molecule has 0 amide bonds. The molecule has 0 aromatic carbocycles. The molecule has 0 bridgehead atoms. The van der Waals surface area contributed by atoms with E-state index in [0.29, 0.717) is 0 Å². The van der Waals surface area contributed by atoms with Crippen LogP contribution >= 0.6 is 0 Å². The van der Waals surface area contributed by atoms with Crippen molar-refractivity contribution in [3.8, 4) is 0 Å². The van der Waals surface area contributed by atoms with Gasteiger partial charge in [0.05, 0.1) is 0 Å². The van der Waals surface area contributed by atoms with Crippen molar-refractivity contribution in [2.75, 3.05) is 27.9 Å². The highest BCUT2D eigenvalue weighted by atomic mass is 28.3. The Bertz CT molecular complexity index is 136. The zero-order valence-corrected chi connectivity index (χ0v) is 12.3. The Hall–Kier alpha value is 0.0569. The van der Waals surface area contributed by atoms with E-state index in [0.717, 1.165) is 6.04 Å². The number of hydrogen-bond donors (Lipinski definition) is 1. The third-order valence-corrected chi connectivity index (χ3v) is 3.81. The van der Waals surface area contributed by atoms with E-state index in [4.69, 9.17) is 13.3 Å². The lowest BCUT2D eigenvalue weighted by Crippen LogP contribution is -2.42. The zero-order valence-electron chi connectivity index (χ0n) is 11.1. The lowest BCUT2D eigenvalue weighted by atomic mass is 10.0. The van der Waals surface area contributed by atoms with Crippen LogP contribution in [0.25, 0.3) is 0 Å². The molecule has 5 heteroatoms. The highest BCUT2D eigenvalue weighted by Crippen LogP contribution is 2.10. The van der Waals surface area contributed by atoms with Gasteiger partial charge in [-0.15, -0.1) is 0 Å². The smallest absolute Gasteiger partial charge is 0.379 e. The first kappa shape index (κ1) is 16.1. The van der Waals surface area contributed by atoms with Crippen LogP contribution < -0.4 is 5.32 Å². The number of unbranched alkanes of at least 4 members (excludes halogenated alkanes) is 2. The van der Waals surface area contributed by atoms with Crippen molar-refractivity contribution in [2.45, 2.75) is 45.1 Å². The minimum atomic E-state index is -1.67. The van der Waals surface area contributed by atoms with Crippen LogP contribution in [0.2, 0.25) is 0 Å². The van der Waals surface area contributed by atoms with Gasteiger partial charge in [0.1, 0.15) is 0 Å². The second-order valence-corrected chi connectivity index (χ2v) is 5.92. The third kappa shape index (κ3) is 8.24. The lowest BCUT2D eigenvalue weighted by Gasteiger charge is -2.27. The van der Waals surface area contributed by atoms with Crippen molar-refractivity contribution in [2.24, 2.45) is 0 Å². The summed E-state index contributed by atoms with van der Waals surface area (Å²) in [6.07, 6.45) is 7.02. The van der Waals surface area contributed by atoms with Crippen LogP contribution in [0.15, 0.2) is 0 Å².